The summed E-state index contributed by atoms with van der Waals surface area (Å²) in [7, 11) is 0. The van der Waals surface area contributed by atoms with Crippen molar-refractivity contribution in [3.05, 3.63) is 47.7 Å². The third kappa shape index (κ3) is 4.22. The summed E-state index contributed by atoms with van der Waals surface area (Å²) in [5, 5.41) is 3.00. The Bertz CT molecular complexity index is 383. The average molecular weight is 202 g/mol. The summed E-state index contributed by atoms with van der Waals surface area (Å²) in [5.41, 5.74) is 2.40. The molecule has 0 saturated heterocycles. The fourth-order valence-corrected chi connectivity index (χ4v) is 1.18. The normalized spacial score (nSPS) is 10.2. The van der Waals surface area contributed by atoms with Crippen LogP contribution in [0, 0.1) is 6.92 Å². The standard InChI is InChI=1S/C12H14N2O/c1-10-4-3-5-11(8-10)9-14-7-6-12(15)13-2/h3-8,14H,2,9H2,1H3/b7-6-. The van der Waals surface area contributed by atoms with Crippen LogP contribution in [0.1, 0.15) is 11.1 Å². The van der Waals surface area contributed by atoms with E-state index in [0.29, 0.717) is 6.54 Å². The first-order valence-corrected chi connectivity index (χ1v) is 4.68. The fourth-order valence-electron chi connectivity index (χ4n) is 1.18. The molecule has 3 nitrogen and oxygen atoms in total. The van der Waals surface area contributed by atoms with Crippen LogP contribution < -0.4 is 5.32 Å². The molecule has 0 saturated carbocycles. The van der Waals surface area contributed by atoms with E-state index < -0.39 is 0 Å². The minimum Gasteiger partial charge on any atom is -0.387 e. The third-order valence-electron chi connectivity index (χ3n) is 1.89. The molecule has 1 N–H and O–H groups in total. The third-order valence-corrected chi connectivity index (χ3v) is 1.89. The number of nitrogens with zero attached hydrogens (tertiary/aromatic N) is 1. The van der Waals surface area contributed by atoms with Crippen LogP contribution in [0.4, 0.5) is 0 Å². The monoisotopic (exact) mass is 202 g/mol. The van der Waals surface area contributed by atoms with Crippen molar-refractivity contribution in [3.8, 4) is 0 Å². The molecule has 1 amide bonds. The minimum absolute atomic E-state index is 0.341. The van der Waals surface area contributed by atoms with Crippen LogP contribution in [0.15, 0.2) is 41.5 Å². The van der Waals surface area contributed by atoms with Gasteiger partial charge in [-0.2, -0.15) is 0 Å². The number of aliphatic imine (C=N–C) groups is 1. The Morgan fingerprint density at radius 2 is 2.40 bits per heavy atom. The molecule has 0 bridgehead atoms. The van der Waals surface area contributed by atoms with Crippen molar-refractivity contribution in [1.29, 1.82) is 0 Å². The number of rotatable bonds is 4. The van der Waals surface area contributed by atoms with Gasteiger partial charge in [0.15, 0.2) is 0 Å². The van der Waals surface area contributed by atoms with Crippen LogP contribution in [0.3, 0.4) is 0 Å². The predicted octanol–water partition coefficient (Wildman–Crippen LogP) is 1.83. The lowest BCUT2D eigenvalue weighted by Crippen LogP contribution is -2.05. The zero-order valence-electron chi connectivity index (χ0n) is 8.73. The highest BCUT2D eigenvalue weighted by Crippen LogP contribution is 2.02. The Labute approximate surface area is 89.5 Å². The van der Waals surface area contributed by atoms with E-state index in [1.807, 2.05) is 25.1 Å². The number of aryl methyl sites for hydroxylation is 1. The minimum atomic E-state index is -0.341. The molecule has 0 fully saturated rings. The van der Waals surface area contributed by atoms with E-state index in [2.05, 4.69) is 23.1 Å². The molecular formula is C12H14N2O. The van der Waals surface area contributed by atoms with Crippen molar-refractivity contribution in [2.75, 3.05) is 0 Å². The lowest BCUT2D eigenvalue weighted by atomic mass is 10.1. The van der Waals surface area contributed by atoms with Crippen molar-refractivity contribution in [2.24, 2.45) is 4.99 Å². The molecule has 0 aliphatic rings. The molecule has 0 aromatic heterocycles. The fraction of sp³-hybridized carbons (Fsp3) is 0.167. The molecule has 0 heterocycles. The number of hydrogen-bond acceptors (Lipinski definition) is 2. The van der Waals surface area contributed by atoms with Gasteiger partial charge < -0.3 is 5.32 Å². The zero-order chi connectivity index (χ0) is 11.1. The molecule has 0 radical (unpaired) electrons. The number of benzene rings is 1. The first-order valence-electron chi connectivity index (χ1n) is 4.68. The van der Waals surface area contributed by atoms with E-state index in [1.165, 1.54) is 17.2 Å². The van der Waals surface area contributed by atoms with Gasteiger partial charge in [0.05, 0.1) is 0 Å². The molecule has 3 heteroatoms. The Morgan fingerprint density at radius 3 is 3.07 bits per heavy atom. The number of hydrogen-bond donors (Lipinski definition) is 1. The summed E-state index contributed by atoms with van der Waals surface area (Å²) in [6, 6.07) is 8.17. The number of nitrogens with one attached hydrogen (secondary N) is 1. The summed E-state index contributed by atoms with van der Waals surface area (Å²) in [6.45, 7) is 5.87. The van der Waals surface area contributed by atoms with Crippen LogP contribution in [-0.2, 0) is 11.3 Å². The maximum Gasteiger partial charge on any atom is 0.270 e. The molecule has 78 valence electrons. The molecule has 0 atom stereocenters. The number of carbonyl (C=O) groups excluding carboxylic acids is 1. The van der Waals surface area contributed by atoms with Crippen molar-refractivity contribution < 1.29 is 4.79 Å². The molecule has 0 unspecified atom stereocenters. The van der Waals surface area contributed by atoms with Crippen LogP contribution in [0.2, 0.25) is 0 Å². The Morgan fingerprint density at radius 1 is 1.60 bits per heavy atom. The van der Waals surface area contributed by atoms with Crippen LogP contribution >= 0.6 is 0 Å². The SMILES string of the molecule is C=NC(=O)/C=C\NCc1cccc(C)c1. The maximum atomic E-state index is 10.7. The van der Waals surface area contributed by atoms with Gasteiger partial charge >= 0.3 is 0 Å². The van der Waals surface area contributed by atoms with Gasteiger partial charge in [-0.1, -0.05) is 29.8 Å². The second kappa shape index (κ2) is 5.75. The maximum absolute atomic E-state index is 10.7. The topological polar surface area (TPSA) is 41.5 Å². The summed E-state index contributed by atoms with van der Waals surface area (Å²) in [6.07, 6.45) is 2.93. The van der Waals surface area contributed by atoms with E-state index in [4.69, 9.17) is 0 Å². The van der Waals surface area contributed by atoms with Crippen LogP contribution in [0.25, 0.3) is 0 Å². The van der Waals surface area contributed by atoms with Crippen LogP contribution in [0.5, 0.6) is 0 Å². The Hall–Kier alpha value is -1.90. The van der Waals surface area contributed by atoms with E-state index in [1.54, 1.807) is 6.20 Å². The van der Waals surface area contributed by atoms with Crippen molar-refractivity contribution in [3.63, 3.8) is 0 Å². The van der Waals surface area contributed by atoms with E-state index >= 15 is 0 Å². The quantitative estimate of drug-likeness (QED) is 0.597. The second-order valence-corrected chi connectivity index (χ2v) is 3.20. The van der Waals surface area contributed by atoms with Gasteiger partial charge in [-0.25, -0.2) is 4.99 Å². The molecule has 0 spiro atoms. The first-order chi connectivity index (χ1) is 7.22. The van der Waals surface area contributed by atoms with Gasteiger partial charge in [-0.3, -0.25) is 4.79 Å². The molecule has 1 rings (SSSR count). The molecule has 15 heavy (non-hydrogen) atoms. The van der Waals surface area contributed by atoms with E-state index in [0.717, 1.165) is 0 Å². The van der Waals surface area contributed by atoms with Crippen molar-refractivity contribution in [2.45, 2.75) is 13.5 Å². The van der Waals surface area contributed by atoms with E-state index in [-0.39, 0.29) is 5.91 Å². The lowest BCUT2D eigenvalue weighted by Gasteiger charge is -2.01. The molecule has 1 aromatic carbocycles. The largest absolute Gasteiger partial charge is 0.387 e. The Kier molecular flexibility index (Phi) is 4.29. The van der Waals surface area contributed by atoms with Crippen LogP contribution in [-0.4, -0.2) is 12.6 Å². The molecule has 0 aliphatic carbocycles. The zero-order valence-corrected chi connectivity index (χ0v) is 8.73. The predicted molar refractivity (Wildman–Crippen MR) is 61.7 cm³/mol. The highest BCUT2D eigenvalue weighted by molar-refractivity contribution is 5.90. The summed E-state index contributed by atoms with van der Waals surface area (Å²) >= 11 is 0. The number of carbonyl (C=O) groups is 1. The summed E-state index contributed by atoms with van der Waals surface area (Å²) < 4.78 is 0. The van der Waals surface area contributed by atoms with Gasteiger partial charge in [0.2, 0.25) is 0 Å². The number of amides is 1. The Balaban J connectivity index is 2.41. The lowest BCUT2D eigenvalue weighted by molar-refractivity contribution is -0.113. The highest BCUT2D eigenvalue weighted by atomic mass is 16.1. The van der Waals surface area contributed by atoms with Gasteiger partial charge in [-0.05, 0) is 19.2 Å². The van der Waals surface area contributed by atoms with Gasteiger partial charge in [0.1, 0.15) is 0 Å². The molecular weight excluding hydrogens is 188 g/mol. The summed E-state index contributed by atoms with van der Waals surface area (Å²) in [4.78, 5) is 14.0. The van der Waals surface area contributed by atoms with Gasteiger partial charge in [-0.15, -0.1) is 0 Å². The highest BCUT2D eigenvalue weighted by Gasteiger charge is 1.90. The summed E-state index contributed by atoms with van der Waals surface area (Å²) in [5.74, 6) is -0.341. The van der Waals surface area contributed by atoms with Gasteiger partial charge in [0, 0.05) is 18.8 Å². The first kappa shape index (κ1) is 11.2. The second-order valence-electron chi connectivity index (χ2n) is 3.20. The van der Waals surface area contributed by atoms with E-state index in [9.17, 15) is 4.79 Å². The van der Waals surface area contributed by atoms with Crippen molar-refractivity contribution >= 4 is 12.6 Å². The van der Waals surface area contributed by atoms with Gasteiger partial charge in [0.25, 0.3) is 5.91 Å². The average Bonchev–Trinajstić information content (AvgIpc) is 2.24. The molecule has 0 aliphatic heterocycles. The molecule has 1 aromatic rings. The smallest absolute Gasteiger partial charge is 0.270 e. The van der Waals surface area contributed by atoms with Crippen molar-refractivity contribution in [1.82, 2.24) is 5.32 Å².